The van der Waals surface area contributed by atoms with Crippen LogP contribution in [0.1, 0.15) is 53.9 Å². The Morgan fingerprint density at radius 2 is 1.84 bits per heavy atom. The van der Waals surface area contributed by atoms with Crippen molar-refractivity contribution in [3.63, 3.8) is 0 Å². The van der Waals surface area contributed by atoms with Gasteiger partial charge in [0.2, 0.25) is 5.91 Å². The van der Waals surface area contributed by atoms with Crippen molar-refractivity contribution in [3.05, 3.63) is 0 Å². The van der Waals surface area contributed by atoms with E-state index in [1.54, 1.807) is 19.1 Å². The monoisotopic (exact) mass is 360 g/mol. The van der Waals surface area contributed by atoms with Gasteiger partial charge in [0.1, 0.15) is 5.60 Å². The van der Waals surface area contributed by atoms with Crippen LogP contribution in [0.3, 0.4) is 0 Å². The van der Waals surface area contributed by atoms with Crippen molar-refractivity contribution in [1.82, 2.24) is 9.80 Å². The van der Waals surface area contributed by atoms with Gasteiger partial charge >= 0.3 is 6.09 Å². The fraction of sp³-hybridized carbons (Fsp3) is 0.889. The fourth-order valence-corrected chi connectivity index (χ4v) is 2.33. The van der Waals surface area contributed by atoms with E-state index in [0.717, 1.165) is 6.42 Å². The Bertz CT molecular complexity index is 409. The minimum absolute atomic E-state index is 0.0272. The number of amides is 2. The molecule has 0 saturated heterocycles. The highest BCUT2D eigenvalue weighted by molar-refractivity contribution is 5.76. The van der Waals surface area contributed by atoms with Crippen molar-refractivity contribution < 1.29 is 24.2 Å². The quantitative estimate of drug-likeness (QED) is 0.646. The molecule has 1 N–H and O–H groups in total. The zero-order valence-corrected chi connectivity index (χ0v) is 16.9. The molecule has 7 heteroatoms. The van der Waals surface area contributed by atoms with E-state index < -0.39 is 11.7 Å². The zero-order chi connectivity index (χ0) is 19.6. The molecule has 0 aromatic heterocycles. The normalized spacial score (nSPS) is 13.9. The van der Waals surface area contributed by atoms with Crippen molar-refractivity contribution in [3.8, 4) is 0 Å². The van der Waals surface area contributed by atoms with E-state index in [9.17, 15) is 14.7 Å². The topological polar surface area (TPSA) is 79.3 Å². The predicted octanol–water partition coefficient (Wildman–Crippen LogP) is 2.27. The summed E-state index contributed by atoms with van der Waals surface area (Å²) in [6, 6.07) is -0.236. The van der Waals surface area contributed by atoms with Gasteiger partial charge in [-0.1, -0.05) is 6.92 Å². The summed E-state index contributed by atoms with van der Waals surface area (Å²) in [5.74, 6) is 0.0272. The lowest BCUT2D eigenvalue weighted by Crippen LogP contribution is -2.44. The smallest absolute Gasteiger partial charge is 0.410 e. The number of methoxy groups -OCH3 is 1. The molecule has 0 fully saturated rings. The number of aliphatic hydroxyl groups excluding tert-OH is 1. The first-order valence-electron chi connectivity index (χ1n) is 8.92. The van der Waals surface area contributed by atoms with Crippen LogP contribution in [0.2, 0.25) is 0 Å². The molecule has 2 amide bonds. The molecule has 0 bridgehead atoms. The van der Waals surface area contributed by atoms with E-state index in [0.29, 0.717) is 25.9 Å². The molecular weight excluding hydrogens is 324 g/mol. The molecule has 7 nitrogen and oxygen atoms in total. The van der Waals surface area contributed by atoms with Gasteiger partial charge in [-0.25, -0.2) is 4.79 Å². The average molecular weight is 360 g/mol. The molecule has 0 aliphatic rings. The molecular formula is C18H36N2O5. The van der Waals surface area contributed by atoms with Gasteiger partial charge in [-0.15, -0.1) is 0 Å². The number of carbonyl (C=O) groups is 2. The number of carbonyl (C=O) groups excluding carboxylic acids is 2. The summed E-state index contributed by atoms with van der Waals surface area (Å²) in [7, 11) is 3.25. The Morgan fingerprint density at radius 3 is 2.28 bits per heavy atom. The highest BCUT2D eigenvalue weighted by atomic mass is 16.6. The minimum atomic E-state index is -0.548. The van der Waals surface area contributed by atoms with E-state index in [-0.39, 0.29) is 24.7 Å². The summed E-state index contributed by atoms with van der Waals surface area (Å²) in [5.41, 5.74) is -0.548. The average Bonchev–Trinajstić information content (AvgIpc) is 2.51. The predicted molar refractivity (Wildman–Crippen MR) is 97.4 cm³/mol. The van der Waals surface area contributed by atoms with Crippen molar-refractivity contribution in [1.29, 1.82) is 0 Å². The molecule has 0 aromatic rings. The molecule has 25 heavy (non-hydrogen) atoms. The molecule has 0 aliphatic heterocycles. The van der Waals surface area contributed by atoms with Gasteiger partial charge in [-0.05, 0) is 40.5 Å². The molecule has 0 rings (SSSR count). The van der Waals surface area contributed by atoms with Crippen LogP contribution in [0, 0.1) is 0 Å². The number of hydrogen-bond acceptors (Lipinski definition) is 5. The fourth-order valence-electron chi connectivity index (χ4n) is 2.33. The van der Waals surface area contributed by atoms with Crippen LogP contribution < -0.4 is 0 Å². The summed E-state index contributed by atoms with van der Waals surface area (Å²) >= 11 is 0. The third-order valence-corrected chi connectivity index (χ3v) is 3.79. The SMILES string of the molecule is CCCC(=O)N(CCC(CN(C)C(=O)OC(C)(C)C)OC)C(C)CO. The van der Waals surface area contributed by atoms with Crippen LogP contribution in [0.5, 0.6) is 0 Å². The lowest BCUT2D eigenvalue weighted by Gasteiger charge is -2.31. The first kappa shape index (κ1) is 23.7. The lowest BCUT2D eigenvalue weighted by molar-refractivity contribution is -0.134. The maximum atomic E-state index is 12.2. The zero-order valence-electron chi connectivity index (χ0n) is 16.9. The van der Waals surface area contributed by atoms with Crippen LogP contribution >= 0.6 is 0 Å². The first-order valence-corrected chi connectivity index (χ1v) is 8.92. The highest BCUT2D eigenvalue weighted by Gasteiger charge is 2.24. The Labute approximate surface area is 152 Å². The largest absolute Gasteiger partial charge is 0.444 e. The molecule has 148 valence electrons. The van der Waals surface area contributed by atoms with Crippen LogP contribution in [0.4, 0.5) is 4.79 Å². The molecule has 0 saturated carbocycles. The van der Waals surface area contributed by atoms with E-state index in [2.05, 4.69) is 0 Å². The highest BCUT2D eigenvalue weighted by Crippen LogP contribution is 2.12. The van der Waals surface area contributed by atoms with Gasteiger partial charge < -0.3 is 24.4 Å². The number of aliphatic hydroxyl groups is 1. The maximum Gasteiger partial charge on any atom is 0.410 e. The van der Waals surface area contributed by atoms with Crippen molar-refractivity contribution >= 4 is 12.0 Å². The number of nitrogens with zero attached hydrogens (tertiary/aromatic N) is 2. The van der Waals surface area contributed by atoms with Crippen LogP contribution in [-0.2, 0) is 14.3 Å². The molecule has 2 unspecified atom stereocenters. The second kappa shape index (κ2) is 11.3. The van der Waals surface area contributed by atoms with Gasteiger partial charge in [0.15, 0.2) is 0 Å². The summed E-state index contributed by atoms with van der Waals surface area (Å²) < 4.78 is 10.8. The summed E-state index contributed by atoms with van der Waals surface area (Å²) in [5, 5.41) is 9.38. The van der Waals surface area contributed by atoms with Gasteiger partial charge in [-0.2, -0.15) is 0 Å². The minimum Gasteiger partial charge on any atom is -0.444 e. The van der Waals surface area contributed by atoms with Crippen molar-refractivity contribution in [2.24, 2.45) is 0 Å². The van der Waals surface area contributed by atoms with E-state index in [1.165, 1.54) is 4.90 Å². The van der Waals surface area contributed by atoms with Crippen LogP contribution in [0.15, 0.2) is 0 Å². The molecule has 0 aromatic carbocycles. The number of hydrogen-bond donors (Lipinski definition) is 1. The second-order valence-corrected chi connectivity index (χ2v) is 7.38. The molecule has 0 radical (unpaired) electrons. The Hall–Kier alpha value is -1.34. The Balaban J connectivity index is 4.68. The van der Waals surface area contributed by atoms with Gasteiger partial charge in [0.25, 0.3) is 0 Å². The van der Waals surface area contributed by atoms with Gasteiger partial charge in [0.05, 0.1) is 18.8 Å². The van der Waals surface area contributed by atoms with E-state index in [1.807, 2.05) is 34.6 Å². The maximum absolute atomic E-state index is 12.2. The third kappa shape index (κ3) is 9.65. The van der Waals surface area contributed by atoms with E-state index in [4.69, 9.17) is 9.47 Å². The molecule has 2 atom stereocenters. The van der Waals surface area contributed by atoms with Crippen molar-refractivity contribution in [2.75, 3.05) is 33.9 Å². The number of rotatable bonds is 10. The van der Waals surface area contributed by atoms with Crippen LogP contribution in [0.25, 0.3) is 0 Å². The third-order valence-electron chi connectivity index (χ3n) is 3.79. The summed E-state index contributed by atoms with van der Waals surface area (Å²) in [6.07, 6.45) is 1.17. The second-order valence-electron chi connectivity index (χ2n) is 7.38. The standard InChI is InChI=1S/C18H36N2O5/c1-8-9-16(22)20(14(2)13-21)11-10-15(24-7)12-19(6)17(23)25-18(3,4)5/h14-15,21H,8-13H2,1-7H3. The molecule has 0 spiro atoms. The Kier molecular flexibility index (Phi) is 10.7. The van der Waals surface area contributed by atoms with Gasteiger partial charge in [0, 0.05) is 33.7 Å². The Morgan fingerprint density at radius 1 is 1.24 bits per heavy atom. The summed E-state index contributed by atoms with van der Waals surface area (Å²) in [6.45, 7) is 10.00. The molecule has 0 heterocycles. The van der Waals surface area contributed by atoms with Crippen LogP contribution in [-0.4, -0.2) is 78.5 Å². The summed E-state index contributed by atoms with van der Waals surface area (Å²) in [4.78, 5) is 27.4. The number of ether oxygens (including phenoxy) is 2. The van der Waals surface area contributed by atoms with E-state index >= 15 is 0 Å². The van der Waals surface area contributed by atoms with Gasteiger partial charge in [-0.3, -0.25) is 4.79 Å². The first-order chi connectivity index (χ1) is 11.6. The number of likely N-dealkylation sites (N-methyl/N-ethyl adjacent to an activating group) is 1. The lowest BCUT2D eigenvalue weighted by atomic mass is 10.1. The van der Waals surface area contributed by atoms with Crippen molar-refractivity contribution in [2.45, 2.75) is 71.6 Å². The molecule has 0 aliphatic carbocycles.